The lowest BCUT2D eigenvalue weighted by Crippen LogP contribution is -2.49. The van der Waals surface area contributed by atoms with Crippen LogP contribution in [-0.2, 0) is 21.4 Å². The molecule has 0 bridgehead atoms. The second-order valence-electron chi connectivity index (χ2n) is 7.55. The molecule has 1 saturated heterocycles. The zero-order valence-electron chi connectivity index (χ0n) is 15.7. The Morgan fingerprint density at radius 1 is 1.18 bits per heavy atom. The molecular weight excluding hydrogens is 395 g/mol. The predicted octanol–water partition coefficient (Wildman–Crippen LogP) is 4.59. The van der Waals surface area contributed by atoms with Gasteiger partial charge in [-0.1, -0.05) is 35.9 Å². The van der Waals surface area contributed by atoms with E-state index >= 15 is 0 Å². The first-order chi connectivity index (χ1) is 13.1. The maximum absolute atomic E-state index is 13.6. The van der Waals surface area contributed by atoms with Crippen molar-refractivity contribution in [2.75, 3.05) is 18.9 Å². The summed E-state index contributed by atoms with van der Waals surface area (Å²) in [4.78, 5) is 13.6. The van der Waals surface area contributed by atoms with Crippen molar-refractivity contribution in [1.82, 2.24) is 5.32 Å². The number of carbonyl (C=O) groups excluding carboxylic acids is 1. The van der Waals surface area contributed by atoms with Crippen LogP contribution in [0, 0.1) is 0 Å². The maximum atomic E-state index is 13.6. The summed E-state index contributed by atoms with van der Waals surface area (Å²) in [5.41, 5.74) is 9.41. The van der Waals surface area contributed by atoms with Crippen LogP contribution in [-0.4, -0.2) is 19.1 Å². The number of aryl methyl sites for hydroxylation is 1. The summed E-state index contributed by atoms with van der Waals surface area (Å²) in [6, 6.07) is 13.7. The molecule has 2 aromatic rings. The fourth-order valence-electron chi connectivity index (χ4n) is 4.47. The number of halogens is 2. The molecule has 1 atom stereocenters. The minimum atomic E-state index is -0.637. The first kappa shape index (κ1) is 21.0. The molecule has 150 valence electrons. The summed E-state index contributed by atoms with van der Waals surface area (Å²) >= 11 is 6.50. The molecule has 1 unspecified atom stereocenters. The highest BCUT2D eigenvalue weighted by molar-refractivity contribution is 6.31. The van der Waals surface area contributed by atoms with E-state index in [1.165, 1.54) is 11.1 Å². The van der Waals surface area contributed by atoms with Crippen LogP contribution in [0.3, 0.4) is 0 Å². The van der Waals surface area contributed by atoms with Gasteiger partial charge >= 0.3 is 0 Å². The van der Waals surface area contributed by atoms with Crippen LogP contribution in [0.25, 0.3) is 0 Å². The molecular formula is C22H26Cl2N2O2. The van der Waals surface area contributed by atoms with E-state index in [4.69, 9.17) is 22.1 Å². The lowest BCUT2D eigenvalue weighted by Gasteiger charge is -2.38. The smallest absolute Gasteiger partial charge is 0.231 e. The van der Waals surface area contributed by atoms with Gasteiger partial charge < -0.3 is 15.8 Å². The number of anilines is 1. The average molecular weight is 421 g/mol. The van der Waals surface area contributed by atoms with Crippen molar-refractivity contribution in [2.45, 2.75) is 43.6 Å². The molecule has 28 heavy (non-hydrogen) atoms. The van der Waals surface area contributed by atoms with Crippen LogP contribution >= 0.6 is 24.0 Å². The normalized spacial score (nSPS) is 20.5. The molecule has 2 aliphatic rings. The fraction of sp³-hybridized carbons (Fsp3) is 0.409. The molecule has 0 spiro atoms. The van der Waals surface area contributed by atoms with E-state index in [9.17, 15) is 4.79 Å². The van der Waals surface area contributed by atoms with E-state index in [0.29, 0.717) is 31.1 Å². The first-order valence-corrected chi connectivity index (χ1v) is 10.00. The number of nitrogens with one attached hydrogen (secondary N) is 1. The van der Waals surface area contributed by atoms with Gasteiger partial charge in [0.15, 0.2) is 0 Å². The van der Waals surface area contributed by atoms with Crippen molar-refractivity contribution < 1.29 is 9.53 Å². The number of hydrogen-bond acceptors (Lipinski definition) is 3. The number of amides is 1. The molecule has 3 N–H and O–H groups in total. The lowest BCUT2D eigenvalue weighted by atomic mass is 9.73. The van der Waals surface area contributed by atoms with Crippen LogP contribution in [0.4, 0.5) is 5.69 Å². The van der Waals surface area contributed by atoms with Gasteiger partial charge in [0, 0.05) is 23.9 Å². The standard InChI is InChI=1S/C22H25ClN2O2.ClH/c23-19-6-2-1-5-18(19)22(10-12-27-13-11-22)21(26)25-20-7-3-4-15-14-16(24)8-9-17(15)20;/h1-2,5-6,8-9,14,20H,3-4,7,10-13,24H2,(H,25,26);1H. The third-order valence-electron chi connectivity index (χ3n) is 5.96. The van der Waals surface area contributed by atoms with Gasteiger partial charge in [0.1, 0.15) is 0 Å². The summed E-state index contributed by atoms with van der Waals surface area (Å²) in [5.74, 6) is 0.0496. The van der Waals surface area contributed by atoms with Crippen molar-refractivity contribution in [3.05, 3.63) is 64.2 Å². The van der Waals surface area contributed by atoms with Gasteiger partial charge in [-0.05, 0) is 67.0 Å². The van der Waals surface area contributed by atoms with Gasteiger partial charge in [0.25, 0.3) is 0 Å². The third kappa shape index (κ3) is 3.86. The van der Waals surface area contributed by atoms with Crippen LogP contribution in [0.1, 0.15) is 48.4 Å². The Hall–Kier alpha value is -1.75. The Bertz CT molecular complexity index is 850. The molecule has 1 amide bonds. The SMILES string of the molecule is Cl.Nc1ccc2c(c1)CCCC2NC(=O)C1(c2ccccc2Cl)CCOCC1. The highest BCUT2D eigenvalue weighted by atomic mass is 35.5. The summed E-state index contributed by atoms with van der Waals surface area (Å²) in [6.07, 6.45) is 4.28. The van der Waals surface area contributed by atoms with Crippen LogP contribution in [0.5, 0.6) is 0 Å². The molecule has 0 saturated carbocycles. The number of nitrogens with two attached hydrogens (primary N) is 1. The number of nitrogen functional groups attached to an aromatic ring is 1. The summed E-state index contributed by atoms with van der Waals surface area (Å²) in [6.45, 7) is 1.13. The Morgan fingerprint density at radius 2 is 1.93 bits per heavy atom. The van der Waals surface area contributed by atoms with Crippen molar-refractivity contribution in [1.29, 1.82) is 0 Å². The second kappa shape index (κ2) is 8.73. The highest BCUT2D eigenvalue weighted by Gasteiger charge is 2.43. The molecule has 6 heteroatoms. The first-order valence-electron chi connectivity index (χ1n) is 9.62. The van der Waals surface area contributed by atoms with Gasteiger partial charge in [-0.25, -0.2) is 0 Å². The topological polar surface area (TPSA) is 64.3 Å². The van der Waals surface area contributed by atoms with Gasteiger partial charge in [-0.2, -0.15) is 0 Å². The summed E-state index contributed by atoms with van der Waals surface area (Å²) in [5, 5.41) is 3.98. The molecule has 2 aromatic carbocycles. The predicted molar refractivity (Wildman–Crippen MR) is 115 cm³/mol. The zero-order valence-corrected chi connectivity index (χ0v) is 17.3. The molecule has 1 aliphatic carbocycles. The molecule has 4 rings (SSSR count). The Morgan fingerprint density at radius 3 is 2.68 bits per heavy atom. The van der Waals surface area contributed by atoms with Gasteiger partial charge in [-0.3, -0.25) is 4.79 Å². The van der Waals surface area contributed by atoms with Crippen LogP contribution in [0.2, 0.25) is 5.02 Å². The number of hydrogen-bond donors (Lipinski definition) is 2. The largest absolute Gasteiger partial charge is 0.399 e. The number of carbonyl (C=O) groups is 1. The third-order valence-corrected chi connectivity index (χ3v) is 6.29. The molecule has 4 nitrogen and oxygen atoms in total. The number of rotatable bonds is 3. The number of benzene rings is 2. The summed E-state index contributed by atoms with van der Waals surface area (Å²) in [7, 11) is 0. The van der Waals surface area contributed by atoms with E-state index in [2.05, 4.69) is 11.4 Å². The van der Waals surface area contributed by atoms with Crippen LogP contribution in [0.15, 0.2) is 42.5 Å². The zero-order chi connectivity index (χ0) is 18.9. The van der Waals surface area contributed by atoms with Crippen molar-refractivity contribution in [2.24, 2.45) is 0 Å². The van der Waals surface area contributed by atoms with E-state index in [1.54, 1.807) is 0 Å². The van der Waals surface area contributed by atoms with Crippen molar-refractivity contribution in [3.63, 3.8) is 0 Å². The quantitative estimate of drug-likeness (QED) is 0.713. The number of ether oxygens (including phenoxy) is 1. The Balaban J connectivity index is 0.00000225. The molecule has 1 heterocycles. The Kier molecular flexibility index (Phi) is 6.54. The summed E-state index contributed by atoms with van der Waals surface area (Å²) < 4.78 is 5.56. The number of fused-ring (bicyclic) bond motifs is 1. The maximum Gasteiger partial charge on any atom is 0.231 e. The molecule has 0 aromatic heterocycles. The minimum absolute atomic E-state index is 0. The van der Waals surface area contributed by atoms with Crippen LogP contribution < -0.4 is 11.1 Å². The van der Waals surface area contributed by atoms with Crippen molar-refractivity contribution >= 4 is 35.6 Å². The molecule has 0 radical (unpaired) electrons. The highest BCUT2D eigenvalue weighted by Crippen LogP contribution is 2.40. The monoisotopic (exact) mass is 420 g/mol. The van der Waals surface area contributed by atoms with Gasteiger partial charge in [0.05, 0.1) is 11.5 Å². The fourth-order valence-corrected chi connectivity index (χ4v) is 4.79. The molecule has 1 aliphatic heterocycles. The van der Waals surface area contributed by atoms with Gasteiger partial charge in [-0.15, -0.1) is 12.4 Å². The molecule has 1 fully saturated rings. The van der Waals surface area contributed by atoms with E-state index in [0.717, 1.165) is 30.5 Å². The van der Waals surface area contributed by atoms with E-state index < -0.39 is 5.41 Å². The van der Waals surface area contributed by atoms with E-state index in [1.807, 2.05) is 36.4 Å². The van der Waals surface area contributed by atoms with Crippen molar-refractivity contribution in [3.8, 4) is 0 Å². The Labute approximate surface area is 177 Å². The minimum Gasteiger partial charge on any atom is -0.399 e. The van der Waals surface area contributed by atoms with E-state index in [-0.39, 0.29) is 24.4 Å². The second-order valence-corrected chi connectivity index (χ2v) is 7.96. The average Bonchev–Trinajstić information content (AvgIpc) is 2.68. The lowest BCUT2D eigenvalue weighted by molar-refractivity contribution is -0.131. The van der Waals surface area contributed by atoms with Gasteiger partial charge in [0.2, 0.25) is 5.91 Å².